The van der Waals surface area contributed by atoms with Crippen LogP contribution in [0, 0.1) is 11.3 Å². The molecular weight excluding hydrogens is 278 g/mol. The van der Waals surface area contributed by atoms with Gasteiger partial charge in [0.2, 0.25) is 0 Å². The fourth-order valence-corrected chi connectivity index (χ4v) is 2.24. The second kappa shape index (κ2) is 5.87. The summed E-state index contributed by atoms with van der Waals surface area (Å²) in [7, 11) is 1.71. The SMILES string of the molecule is COc1ccc(Br)cc1CC(C)(CN)C(C)C. The number of nitrogens with two attached hydrogens (primary N) is 1. The van der Waals surface area contributed by atoms with Crippen LogP contribution in [0.25, 0.3) is 0 Å². The molecule has 0 radical (unpaired) electrons. The van der Waals surface area contributed by atoms with Crippen LogP contribution in [-0.4, -0.2) is 13.7 Å². The van der Waals surface area contributed by atoms with Gasteiger partial charge in [0.15, 0.2) is 0 Å². The Morgan fingerprint density at radius 3 is 2.53 bits per heavy atom. The molecule has 0 spiro atoms. The molecule has 1 atom stereocenters. The topological polar surface area (TPSA) is 35.2 Å². The van der Waals surface area contributed by atoms with Crippen LogP contribution in [0.15, 0.2) is 22.7 Å². The van der Waals surface area contributed by atoms with Gasteiger partial charge in [0.05, 0.1) is 7.11 Å². The molecule has 0 heterocycles. The molecule has 0 saturated carbocycles. The zero-order chi connectivity index (χ0) is 13.1. The van der Waals surface area contributed by atoms with Crippen molar-refractivity contribution in [2.24, 2.45) is 17.1 Å². The quantitative estimate of drug-likeness (QED) is 0.901. The molecule has 1 aromatic carbocycles. The Morgan fingerprint density at radius 2 is 2.06 bits per heavy atom. The molecule has 1 unspecified atom stereocenters. The van der Waals surface area contributed by atoms with Crippen LogP contribution >= 0.6 is 15.9 Å². The van der Waals surface area contributed by atoms with Gasteiger partial charge in [-0.2, -0.15) is 0 Å². The average molecular weight is 300 g/mol. The third-order valence-electron chi connectivity index (χ3n) is 3.70. The fourth-order valence-electron chi connectivity index (χ4n) is 1.83. The van der Waals surface area contributed by atoms with Crippen molar-refractivity contribution in [3.05, 3.63) is 28.2 Å². The minimum Gasteiger partial charge on any atom is -0.496 e. The molecule has 0 aliphatic carbocycles. The molecule has 0 aromatic heterocycles. The lowest BCUT2D eigenvalue weighted by atomic mass is 9.74. The number of rotatable bonds is 5. The van der Waals surface area contributed by atoms with E-state index in [1.54, 1.807) is 7.11 Å². The molecule has 0 fully saturated rings. The predicted octanol–water partition coefficient (Wildman–Crippen LogP) is 3.62. The van der Waals surface area contributed by atoms with Crippen molar-refractivity contribution in [3.8, 4) is 5.75 Å². The van der Waals surface area contributed by atoms with Gasteiger partial charge >= 0.3 is 0 Å². The molecule has 17 heavy (non-hydrogen) atoms. The van der Waals surface area contributed by atoms with Crippen molar-refractivity contribution in [3.63, 3.8) is 0 Å². The molecule has 0 bridgehead atoms. The predicted molar refractivity (Wildman–Crippen MR) is 76.4 cm³/mol. The van der Waals surface area contributed by atoms with Gasteiger partial charge in [0.1, 0.15) is 5.75 Å². The van der Waals surface area contributed by atoms with Crippen LogP contribution < -0.4 is 10.5 Å². The molecule has 0 aliphatic heterocycles. The van der Waals surface area contributed by atoms with E-state index >= 15 is 0 Å². The molecule has 0 amide bonds. The molecular formula is C14H22BrNO. The lowest BCUT2D eigenvalue weighted by Crippen LogP contribution is -2.34. The van der Waals surface area contributed by atoms with Crippen molar-refractivity contribution in [2.45, 2.75) is 27.2 Å². The molecule has 2 N–H and O–H groups in total. The number of halogens is 1. The second-order valence-electron chi connectivity index (χ2n) is 5.15. The van der Waals surface area contributed by atoms with Crippen LogP contribution in [0.5, 0.6) is 5.75 Å². The van der Waals surface area contributed by atoms with E-state index < -0.39 is 0 Å². The first-order valence-corrected chi connectivity index (χ1v) is 6.74. The van der Waals surface area contributed by atoms with Gasteiger partial charge in [-0.05, 0) is 48.1 Å². The Labute approximate surface area is 113 Å². The number of ether oxygens (including phenoxy) is 1. The minimum atomic E-state index is 0.105. The van der Waals surface area contributed by atoms with Gasteiger partial charge in [-0.1, -0.05) is 36.7 Å². The Morgan fingerprint density at radius 1 is 1.41 bits per heavy atom. The lowest BCUT2D eigenvalue weighted by molar-refractivity contribution is 0.224. The number of benzene rings is 1. The van der Waals surface area contributed by atoms with Crippen molar-refractivity contribution < 1.29 is 4.74 Å². The van der Waals surface area contributed by atoms with E-state index in [0.29, 0.717) is 12.5 Å². The van der Waals surface area contributed by atoms with Gasteiger partial charge in [0, 0.05) is 4.47 Å². The maximum Gasteiger partial charge on any atom is 0.122 e. The van der Waals surface area contributed by atoms with Crippen molar-refractivity contribution in [1.82, 2.24) is 0 Å². The summed E-state index contributed by atoms with van der Waals surface area (Å²) in [4.78, 5) is 0. The Balaban J connectivity index is 3.04. The standard InChI is InChI=1S/C14H22BrNO/c1-10(2)14(3,9-16)8-11-7-12(15)5-6-13(11)17-4/h5-7,10H,8-9,16H2,1-4H3. The summed E-state index contributed by atoms with van der Waals surface area (Å²) in [5.41, 5.74) is 7.25. The summed E-state index contributed by atoms with van der Waals surface area (Å²) in [6.07, 6.45) is 0.934. The number of hydrogen-bond donors (Lipinski definition) is 1. The molecule has 0 aliphatic rings. The summed E-state index contributed by atoms with van der Waals surface area (Å²) < 4.78 is 6.49. The first-order valence-electron chi connectivity index (χ1n) is 5.95. The number of hydrogen-bond acceptors (Lipinski definition) is 2. The van der Waals surface area contributed by atoms with Crippen LogP contribution in [0.1, 0.15) is 26.3 Å². The molecule has 3 heteroatoms. The third kappa shape index (κ3) is 3.46. The Bertz CT molecular complexity index is 378. The summed E-state index contributed by atoms with van der Waals surface area (Å²) in [5, 5.41) is 0. The normalized spacial score (nSPS) is 14.8. The van der Waals surface area contributed by atoms with Gasteiger partial charge in [-0.3, -0.25) is 0 Å². The second-order valence-corrected chi connectivity index (χ2v) is 6.06. The first-order chi connectivity index (χ1) is 7.92. The van der Waals surface area contributed by atoms with Crippen molar-refractivity contribution in [2.75, 3.05) is 13.7 Å². The highest BCUT2D eigenvalue weighted by Crippen LogP contribution is 2.34. The van der Waals surface area contributed by atoms with Crippen LogP contribution in [0.3, 0.4) is 0 Å². The molecule has 1 rings (SSSR count). The van der Waals surface area contributed by atoms with E-state index in [1.165, 1.54) is 5.56 Å². The van der Waals surface area contributed by atoms with Crippen molar-refractivity contribution in [1.29, 1.82) is 0 Å². The zero-order valence-corrected chi connectivity index (χ0v) is 12.7. The van der Waals surface area contributed by atoms with E-state index in [2.05, 4.69) is 42.8 Å². The Kier molecular flexibility index (Phi) is 5.02. The monoisotopic (exact) mass is 299 g/mol. The van der Waals surface area contributed by atoms with Crippen LogP contribution in [0.4, 0.5) is 0 Å². The third-order valence-corrected chi connectivity index (χ3v) is 4.19. The smallest absolute Gasteiger partial charge is 0.122 e. The van der Waals surface area contributed by atoms with E-state index in [9.17, 15) is 0 Å². The Hall–Kier alpha value is -0.540. The average Bonchev–Trinajstić information content (AvgIpc) is 2.29. The minimum absolute atomic E-state index is 0.105. The maximum absolute atomic E-state index is 5.93. The van der Waals surface area contributed by atoms with Crippen molar-refractivity contribution >= 4 is 15.9 Å². The highest BCUT2D eigenvalue weighted by atomic mass is 79.9. The van der Waals surface area contributed by atoms with E-state index in [-0.39, 0.29) is 5.41 Å². The summed E-state index contributed by atoms with van der Waals surface area (Å²) in [6, 6.07) is 6.11. The van der Waals surface area contributed by atoms with Gasteiger partial charge in [-0.25, -0.2) is 0 Å². The molecule has 2 nitrogen and oxygen atoms in total. The van der Waals surface area contributed by atoms with E-state index in [1.807, 2.05) is 12.1 Å². The highest BCUT2D eigenvalue weighted by Gasteiger charge is 2.28. The van der Waals surface area contributed by atoms with Crippen LogP contribution in [0.2, 0.25) is 0 Å². The van der Waals surface area contributed by atoms with E-state index in [4.69, 9.17) is 10.5 Å². The summed E-state index contributed by atoms with van der Waals surface area (Å²) in [5.74, 6) is 1.48. The van der Waals surface area contributed by atoms with E-state index in [0.717, 1.165) is 16.6 Å². The number of methoxy groups -OCH3 is 1. The molecule has 0 saturated heterocycles. The van der Waals surface area contributed by atoms with Crippen LogP contribution in [-0.2, 0) is 6.42 Å². The summed E-state index contributed by atoms with van der Waals surface area (Å²) in [6.45, 7) is 7.35. The van der Waals surface area contributed by atoms with Gasteiger partial charge in [0.25, 0.3) is 0 Å². The highest BCUT2D eigenvalue weighted by molar-refractivity contribution is 9.10. The molecule has 1 aromatic rings. The zero-order valence-electron chi connectivity index (χ0n) is 11.1. The van der Waals surface area contributed by atoms with Gasteiger partial charge in [-0.15, -0.1) is 0 Å². The lowest BCUT2D eigenvalue weighted by Gasteiger charge is -2.33. The largest absolute Gasteiger partial charge is 0.496 e. The fraction of sp³-hybridized carbons (Fsp3) is 0.571. The first kappa shape index (κ1) is 14.5. The van der Waals surface area contributed by atoms with Gasteiger partial charge < -0.3 is 10.5 Å². The summed E-state index contributed by atoms with van der Waals surface area (Å²) >= 11 is 3.51. The molecule has 96 valence electrons. The maximum atomic E-state index is 5.93.